The molecule has 4 nitrogen and oxygen atoms in total. The third kappa shape index (κ3) is 10.4. The predicted molar refractivity (Wildman–Crippen MR) is 471 cm³/mol. The van der Waals surface area contributed by atoms with E-state index >= 15 is 0 Å². The van der Waals surface area contributed by atoms with Crippen LogP contribution in [0.25, 0.3) is 178 Å². The first-order valence-corrected chi connectivity index (χ1v) is 39.1. The smallest absolute Gasteiger partial charge is 0.136 e. The van der Waals surface area contributed by atoms with E-state index in [4.69, 9.17) is 4.42 Å². The van der Waals surface area contributed by atoms with Crippen molar-refractivity contribution in [2.75, 3.05) is 9.80 Å². The molecule has 0 aliphatic rings. The summed E-state index contributed by atoms with van der Waals surface area (Å²) < 4.78 is 13.9. The van der Waals surface area contributed by atoms with Crippen LogP contribution in [0.3, 0.4) is 0 Å². The number of anilines is 6. The molecule has 0 radical (unpaired) electrons. The zero-order chi connectivity index (χ0) is 72.3. The van der Waals surface area contributed by atoms with Crippen molar-refractivity contribution in [3.8, 4) is 72.4 Å². The van der Waals surface area contributed by atoms with Crippen LogP contribution < -0.4 is 9.80 Å². The monoisotopic (exact) mass is 1440 g/mol. The van der Waals surface area contributed by atoms with Gasteiger partial charge in [0.1, 0.15) is 11.2 Å². The molecule has 0 spiro atoms. The molecule has 0 unspecified atom stereocenters. The Balaban J connectivity index is 0.647. The van der Waals surface area contributed by atoms with Crippen LogP contribution in [0.5, 0.6) is 0 Å². The number of rotatable bonds is 13. The van der Waals surface area contributed by atoms with Gasteiger partial charge in [-0.05, 0) is 193 Å². The van der Waals surface area contributed by atoms with Crippen molar-refractivity contribution in [2.45, 2.75) is 0 Å². The first-order chi connectivity index (χ1) is 54.6. The van der Waals surface area contributed by atoms with Crippen LogP contribution in [0, 0.1) is 0 Å². The number of hydrogen-bond acceptors (Lipinski definition) is 5. The Labute approximate surface area is 643 Å². The summed E-state index contributed by atoms with van der Waals surface area (Å²) in [5.74, 6) is 0. The van der Waals surface area contributed by atoms with Gasteiger partial charge in [-0.15, -0.1) is 22.7 Å². The fraction of sp³-hybridized carbons (Fsp3) is 0. The lowest BCUT2D eigenvalue weighted by atomic mass is 9.91. The van der Waals surface area contributed by atoms with Gasteiger partial charge in [-0.1, -0.05) is 273 Å². The van der Waals surface area contributed by atoms with Crippen LogP contribution in [-0.4, -0.2) is 4.57 Å². The average molecular weight is 1440 g/mol. The van der Waals surface area contributed by atoms with Crippen LogP contribution in [0.4, 0.5) is 34.1 Å². The van der Waals surface area contributed by atoms with E-state index < -0.39 is 0 Å². The van der Waals surface area contributed by atoms with Crippen LogP contribution in [-0.2, 0) is 0 Å². The number of aromatic nitrogens is 1. The maximum Gasteiger partial charge on any atom is 0.136 e. The summed E-state index contributed by atoms with van der Waals surface area (Å²) in [6.07, 6.45) is 0. The molecule has 18 aromatic carbocycles. The highest BCUT2D eigenvalue weighted by Gasteiger charge is 2.26. The van der Waals surface area contributed by atoms with E-state index in [0.29, 0.717) is 0 Å². The molecule has 0 fully saturated rings. The molecule has 110 heavy (non-hydrogen) atoms. The third-order valence-corrected chi connectivity index (χ3v) is 24.8. The highest BCUT2D eigenvalue weighted by Crippen LogP contribution is 2.52. The normalized spacial score (nSPS) is 11.8. The van der Waals surface area contributed by atoms with Gasteiger partial charge in [0, 0.05) is 107 Å². The number of fused-ring (bicyclic) bond motifs is 14. The molecule has 4 aromatic heterocycles. The Hall–Kier alpha value is -13.9. The summed E-state index contributed by atoms with van der Waals surface area (Å²) in [6, 6.07) is 145. The molecule has 0 N–H and O–H groups in total. The van der Waals surface area contributed by atoms with Crippen LogP contribution in [0.1, 0.15) is 0 Å². The number of thiophene rings is 2. The molecule has 514 valence electrons. The number of nitrogens with zero attached hydrogens (tertiary/aromatic N) is 3. The number of hydrogen-bond donors (Lipinski definition) is 0. The summed E-state index contributed by atoms with van der Waals surface area (Å²) in [5.41, 5.74) is 25.8. The highest BCUT2D eigenvalue weighted by atomic mass is 32.1. The Morgan fingerprint density at radius 3 is 1.39 bits per heavy atom. The zero-order valence-corrected chi connectivity index (χ0v) is 61.2. The van der Waals surface area contributed by atoms with Crippen molar-refractivity contribution in [3.63, 3.8) is 0 Å². The Morgan fingerprint density at radius 1 is 0.227 bits per heavy atom. The second-order valence-electron chi connectivity index (χ2n) is 28.5. The Bertz CT molecular complexity index is 7400. The summed E-state index contributed by atoms with van der Waals surface area (Å²) in [5, 5.41) is 14.6. The van der Waals surface area contributed by atoms with Crippen molar-refractivity contribution >= 4 is 162 Å². The molecule has 0 aliphatic heterocycles. The maximum atomic E-state index is 6.40. The first kappa shape index (κ1) is 63.4. The molecule has 0 aliphatic carbocycles. The van der Waals surface area contributed by atoms with Crippen molar-refractivity contribution in [1.29, 1.82) is 0 Å². The van der Waals surface area contributed by atoms with E-state index in [2.05, 4.69) is 397 Å². The van der Waals surface area contributed by atoms with Crippen LogP contribution in [0.2, 0.25) is 0 Å². The standard InChI is InChI=1S/C104H65N3OS2/c1-2-24-71(25-3-1)107-95-43-13-8-29-84(95)92-65-75(61-63-96(92)107)106(94-42-12-7-27-82(94)87-37-20-46-100-102(87)90-31-10-15-45-99(90)109-100)74-59-52-69(53-60-74)78-33-17-35-80-79(78)34-18-36-81(80)89-39-19-40-91-103-88(38-21-47-101(103)110-104(89)91)83-28-6-11-41-93(83)105(73-57-50-68(51-58-73)77-32-16-23-67-22-4-5-26-76(67)77)72-55-48-66(49-56-72)70-54-62-86-85-30-9-14-44-97(85)108-98(86)64-70/h1-65H. The van der Waals surface area contributed by atoms with Gasteiger partial charge in [-0.3, -0.25) is 0 Å². The summed E-state index contributed by atoms with van der Waals surface area (Å²) in [7, 11) is 0. The fourth-order valence-electron chi connectivity index (χ4n) is 17.4. The van der Waals surface area contributed by atoms with Crippen LogP contribution >= 0.6 is 22.7 Å². The van der Waals surface area contributed by atoms with Gasteiger partial charge < -0.3 is 18.8 Å². The first-order valence-electron chi connectivity index (χ1n) is 37.5. The second-order valence-corrected chi connectivity index (χ2v) is 30.7. The lowest BCUT2D eigenvalue weighted by Crippen LogP contribution is -2.11. The minimum absolute atomic E-state index is 0.885. The molecule has 0 bridgehead atoms. The Kier molecular flexibility index (Phi) is 15.0. The van der Waals surface area contributed by atoms with Crippen molar-refractivity contribution < 1.29 is 4.42 Å². The lowest BCUT2D eigenvalue weighted by molar-refractivity contribution is 0.669. The summed E-state index contributed by atoms with van der Waals surface area (Å²) in [4.78, 5) is 4.91. The maximum absolute atomic E-state index is 6.40. The fourth-order valence-corrected chi connectivity index (χ4v) is 19.8. The molecular weight excluding hydrogens is 1370 g/mol. The largest absolute Gasteiger partial charge is 0.456 e. The molecule has 4 heterocycles. The second kappa shape index (κ2) is 26.0. The molecule has 6 heteroatoms. The zero-order valence-electron chi connectivity index (χ0n) is 59.6. The Morgan fingerprint density at radius 2 is 0.673 bits per heavy atom. The molecule has 22 rings (SSSR count). The topological polar surface area (TPSA) is 24.6 Å². The quantitative estimate of drug-likeness (QED) is 0.115. The lowest BCUT2D eigenvalue weighted by Gasteiger charge is -2.28. The minimum atomic E-state index is 0.885. The van der Waals surface area contributed by atoms with E-state index in [1.807, 2.05) is 34.8 Å². The van der Waals surface area contributed by atoms with Crippen molar-refractivity contribution in [3.05, 3.63) is 394 Å². The predicted octanol–water partition coefficient (Wildman–Crippen LogP) is 30.7. The molecule has 0 saturated heterocycles. The third-order valence-electron chi connectivity index (χ3n) is 22.4. The van der Waals surface area contributed by atoms with Gasteiger partial charge in [0.05, 0.1) is 22.4 Å². The number of para-hydroxylation sites is 5. The summed E-state index contributed by atoms with van der Waals surface area (Å²) >= 11 is 3.75. The van der Waals surface area contributed by atoms with E-state index in [0.717, 1.165) is 89.5 Å². The minimum Gasteiger partial charge on any atom is -0.456 e. The molecule has 0 atom stereocenters. The van der Waals surface area contributed by atoms with Crippen molar-refractivity contribution in [1.82, 2.24) is 4.57 Å². The van der Waals surface area contributed by atoms with Gasteiger partial charge >= 0.3 is 0 Å². The van der Waals surface area contributed by atoms with Gasteiger partial charge in [0.2, 0.25) is 0 Å². The van der Waals surface area contributed by atoms with Gasteiger partial charge in [-0.25, -0.2) is 0 Å². The SMILES string of the molecule is c1ccc(-n2c3ccccc3c3cc(N(c4ccc(-c5cccc6c(-c7cccc8c7sc7cccc(-c9ccccc9N(c9ccc(-c%10ccc%11c(c%10)oc%10ccccc%10%11)cc9)c9ccc(-c%10cccc%11ccccc%10%11)cc9)c78)cccc56)cc4)c4ccccc4-c4cccc5sc6ccccc6c45)ccc32)cc1. The highest BCUT2D eigenvalue weighted by molar-refractivity contribution is 7.26. The molecule has 0 amide bonds. The summed E-state index contributed by atoms with van der Waals surface area (Å²) in [6.45, 7) is 0. The number of furan rings is 1. The van der Waals surface area contributed by atoms with E-state index in [-0.39, 0.29) is 0 Å². The van der Waals surface area contributed by atoms with E-state index in [9.17, 15) is 0 Å². The number of benzene rings is 18. The van der Waals surface area contributed by atoms with E-state index in [1.54, 1.807) is 0 Å². The van der Waals surface area contributed by atoms with Gasteiger partial charge in [0.25, 0.3) is 0 Å². The molecule has 22 aromatic rings. The molecular formula is C104H65N3OS2. The average Bonchev–Trinajstić information content (AvgIpc) is 1.48. The molecule has 0 saturated carbocycles. The van der Waals surface area contributed by atoms with Crippen LogP contribution in [0.15, 0.2) is 399 Å². The van der Waals surface area contributed by atoms with E-state index in [1.165, 1.54) is 123 Å². The van der Waals surface area contributed by atoms with Gasteiger partial charge in [0.15, 0.2) is 0 Å². The van der Waals surface area contributed by atoms with Crippen molar-refractivity contribution in [2.24, 2.45) is 0 Å². The van der Waals surface area contributed by atoms with Gasteiger partial charge in [-0.2, -0.15) is 0 Å².